The van der Waals surface area contributed by atoms with Gasteiger partial charge in [0, 0.05) is 28.9 Å². The smallest absolute Gasteiger partial charge is 0.167 e. The van der Waals surface area contributed by atoms with Crippen molar-refractivity contribution in [3.63, 3.8) is 0 Å². The fourth-order valence-electron chi connectivity index (χ4n) is 2.79. The molecule has 2 heterocycles. The molecule has 5 heteroatoms. The monoisotopic (exact) mass is 370 g/mol. The number of fused-ring (bicyclic) bond motifs is 1. The Balaban J connectivity index is 1.98. The highest BCUT2D eigenvalue weighted by molar-refractivity contribution is 7.20. The molecule has 3 rings (SSSR count). The van der Waals surface area contributed by atoms with Crippen molar-refractivity contribution in [2.24, 2.45) is 0 Å². The number of benzene rings is 1. The van der Waals surface area contributed by atoms with Gasteiger partial charge in [-0.15, -0.1) is 11.3 Å². The summed E-state index contributed by atoms with van der Waals surface area (Å²) < 4.78 is 20.8. The standard InChI is InChI=1S/C21H23FN2OS/c1-3-5-7-14(6-4-2)20-13-17-21(26-20)19(10-11-24-17)25-18-9-8-15(23)12-16(18)22/h7-13H,3-6,23H2,1-2H3/b14-7+. The number of allylic oxidation sites excluding steroid dienone is 2. The topological polar surface area (TPSA) is 48.1 Å². The predicted octanol–water partition coefficient (Wildman–Crippen LogP) is 6.79. The van der Waals surface area contributed by atoms with E-state index >= 15 is 0 Å². The van der Waals surface area contributed by atoms with E-state index < -0.39 is 5.82 Å². The highest BCUT2D eigenvalue weighted by Gasteiger charge is 2.13. The first kappa shape index (κ1) is 18.4. The van der Waals surface area contributed by atoms with Crippen molar-refractivity contribution < 1.29 is 9.13 Å². The van der Waals surface area contributed by atoms with Crippen molar-refractivity contribution in [1.82, 2.24) is 4.98 Å². The van der Waals surface area contributed by atoms with E-state index in [0.717, 1.165) is 35.9 Å². The second-order valence-corrected chi connectivity index (χ2v) is 7.25. The van der Waals surface area contributed by atoms with Gasteiger partial charge in [-0.2, -0.15) is 0 Å². The second kappa shape index (κ2) is 8.32. The van der Waals surface area contributed by atoms with E-state index in [1.54, 1.807) is 35.7 Å². The quantitative estimate of drug-likeness (QED) is 0.466. The van der Waals surface area contributed by atoms with Crippen molar-refractivity contribution in [2.45, 2.75) is 39.5 Å². The number of rotatable bonds is 7. The number of aromatic nitrogens is 1. The largest absolute Gasteiger partial charge is 0.453 e. The molecule has 0 aliphatic rings. The zero-order valence-corrected chi connectivity index (χ0v) is 15.9. The van der Waals surface area contributed by atoms with Gasteiger partial charge in [0.15, 0.2) is 11.6 Å². The van der Waals surface area contributed by atoms with Gasteiger partial charge in [0.25, 0.3) is 0 Å². The molecule has 1 aromatic carbocycles. The number of halogens is 1. The van der Waals surface area contributed by atoms with Gasteiger partial charge in [-0.25, -0.2) is 4.39 Å². The summed E-state index contributed by atoms with van der Waals surface area (Å²) in [6.07, 6.45) is 8.33. The van der Waals surface area contributed by atoms with Crippen molar-refractivity contribution in [1.29, 1.82) is 0 Å². The van der Waals surface area contributed by atoms with Gasteiger partial charge < -0.3 is 10.5 Å². The molecular formula is C21H23FN2OS. The lowest BCUT2D eigenvalue weighted by Crippen LogP contribution is -1.91. The molecule has 26 heavy (non-hydrogen) atoms. The van der Waals surface area contributed by atoms with Crippen LogP contribution < -0.4 is 10.5 Å². The average Bonchev–Trinajstić information content (AvgIpc) is 3.06. The SMILES string of the molecule is CCC/C=C(\CCC)c1cc2nccc(Oc3ccc(N)cc3F)c2s1. The zero-order valence-electron chi connectivity index (χ0n) is 15.1. The van der Waals surface area contributed by atoms with E-state index in [-0.39, 0.29) is 5.75 Å². The maximum atomic E-state index is 14.1. The molecule has 0 unspecified atom stereocenters. The molecule has 0 bridgehead atoms. The number of nitrogens with two attached hydrogens (primary N) is 1. The Morgan fingerprint density at radius 1 is 1.19 bits per heavy atom. The fourth-order valence-corrected chi connectivity index (χ4v) is 3.92. The van der Waals surface area contributed by atoms with E-state index in [2.05, 4.69) is 31.0 Å². The number of pyridine rings is 1. The van der Waals surface area contributed by atoms with Crippen molar-refractivity contribution in [3.05, 3.63) is 53.3 Å². The van der Waals surface area contributed by atoms with Crippen molar-refractivity contribution in [3.8, 4) is 11.5 Å². The molecule has 3 aromatic rings. The molecule has 2 aromatic heterocycles. The lowest BCUT2D eigenvalue weighted by Gasteiger charge is -2.08. The molecule has 0 saturated carbocycles. The van der Waals surface area contributed by atoms with E-state index in [1.165, 1.54) is 16.5 Å². The molecular weight excluding hydrogens is 347 g/mol. The number of thiophene rings is 1. The summed E-state index contributed by atoms with van der Waals surface area (Å²) >= 11 is 1.65. The summed E-state index contributed by atoms with van der Waals surface area (Å²) in [5.74, 6) is 0.305. The molecule has 2 N–H and O–H groups in total. The maximum Gasteiger partial charge on any atom is 0.167 e. The molecule has 136 valence electrons. The summed E-state index contributed by atoms with van der Waals surface area (Å²) in [7, 11) is 0. The molecule has 0 aliphatic heterocycles. The van der Waals surface area contributed by atoms with Crippen LogP contribution in [0.15, 0.2) is 42.6 Å². The minimum atomic E-state index is -0.471. The van der Waals surface area contributed by atoms with E-state index in [4.69, 9.17) is 10.5 Å². The molecule has 3 nitrogen and oxygen atoms in total. The Morgan fingerprint density at radius 2 is 2.04 bits per heavy atom. The van der Waals surface area contributed by atoms with Gasteiger partial charge in [0.05, 0.1) is 10.2 Å². The highest BCUT2D eigenvalue weighted by atomic mass is 32.1. The minimum Gasteiger partial charge on any atom is -0.453 e. The Bertz CT molecular complexity index is 933. The van der Waals surface area contributed by atoms with Crippen LogP contribution in [0.3, 0.4) is 0 Å². The van der Waals surface area contributed by atoms with Crippen LogP contribution in [0.2, 0.25) is 0 Å². The normalized spacial score (nSPS) is 11.9. The van der Waals surface area contributed by atoms with Crippen LogP contribution in [-0.4, -0.2) is 4.98 Å². The van der Waals surface area contributed by atoms with Gasteiger partial charge in [-0.3, -0.25) is 4.98 Å². The molecule has 0 aliphatic carbocycles. The van der Waals surface area contributed by atoms with Crippen LogP contribution in [0.4, 0.5) is 10.1 Å². The number of nitrogens with zero attached hydrogens (tertiary/aromatic N) is 1. The fraction of sp³-hybridized carbons (Fsp3) is 0.286. The Kier molecular flexibility index (Phi) is 5.89. The summed E-state index contributed by atoms with van der Waals surface area (Å²) in [6, 6.07) is 8.32. The number of hydrogen-bond acceptors (Lipinski definition) is 4. The van der Waals surface area contributed by atoms with Gasteiger partial charge in [-0.05, 0) is 36.6 Å². The molecule has 0 spiro atoms. The number of ether oxygens (including phenoxy) is 1. The van der Waals surface area contributed by atoms with E-state index in [1.807, 2.05) is 0 Å². The zero-order chi connectivity index (χ0) is 18.5. The van der Waals surface area contributed by atoms with Crippen LogP contribution in [0.25, 0.3) is 15.8 Å². The van der Waals surface area contributed by atoms with Gasteiger partial charge >= 0.3 is 0 Å². The number of unbranched alkanes of at least 4 members (excludes halogenated alkanes) is 1. The summed E-state index contributed by atoms with van der Waals surface area (Å²) in [4.78, 5) is 5.66. The molecule has 0 amide bonds. The Hall–Kier alpha value is -2.40. The van der Waals surface area contributed by atoms with Crippen LogP contribution >= 0.6 is 11.3 Å². The lowest BCUT2D eigenvalue weighted by atomic mass is 10.1. The third-order valence-corrected chi connectivity index (χ3v) is 5.28. The first-order valence-corrected chi connectivity index (χ1v) is 9.74. The molecule has 0 saturated heterocycles. The lowest BCUT2D eigenvalue weighted by molar-refractivity contribution is 0.447. The van der Waals surface area contributed by atoms with Crippen LogP contribution in [0, 0.1) is 5.82 Å². The van der Waals surface area contributed by atoms with Gasteiger partial charge in [-0.1, -0.05) is 32.8 Å². The average molecular weight is 370 g/mol. The second-order valence-electron chi connectivity index (χ2n) is 6.19. The molecule has 0 atom stereocenters. The third kappa shape index (κ3) is 4.05. The van der Waals surface area contributed by atoms with Gasteiger partial charge in [0.2, 0.25) is 0 Å². The first-order valence-electron chi connectivity index (χ1n) is 8.93. The first-order chi connectivity index (χ1) is 12.6. The number of nitrogen functional groups attached to an aromatic ring is 1. The molecule has 0 fully saturated rings. The molecule has 0 radical (unpaired) electrons. The highest BCUT2D eigenvalue weighted by Crippen LogP contribution is 2.39. The van der Waals surface area contributed by atoms with E-state index in [9.17, 15) is 4.39 Å². The number of anilines is 1. The maximum absolute atomic E-state index is 14.1. The Morgan fingerprint density at radius 3 is 2.77 bits per heavy atom. The Labute approximate surface area is 157 Å². The minimum absolute atomic E-state index is 0.164. The van der Waals surface area contributed by atoms with Crippen molar-refractivity contribution in [2.75, 3.05) is 5.73 Å². The third-order valence-electron chi connectivity index (χ3n) is 4.07. The summed E-state index contributed by atoms with van der Waals surface area (Å²) in [6.45, 7) is 4.36. The van der Waals surface area contributed by atoms with E-state index in [0.29, 0.717) is 11.4 Å². The summed E-state index contributed by atoms with van der Waals surface area (Å²) in [5.41, 5.74) is 8.20. The van der Waals surface area contributed by atoms with Crippen LogP contribution in [-0.2, 0) is 0 Å². The number of hydrogen-bond donors (Lipinski definition) is 1. The van der Waals surface area contributed by atoms with Crippen LogP contribution in [0.5, 0.6) is 11.5 Å². The van der Waals surface area contributed by atoms with Crippen molar-refractivity contribution >= 4 is 32.8 Å². The van der Waals surface area contributed by atoms with Gasteiger partial charge in [0.1, 0.15) is 5.75 Å². The predicted molar refractivity (Wildman–Crippen MR) is 108 cm³/mol. The summed E-state index contributed by atoms with van der Waals surface area (Å²) in [5, 5.41) is 0. The van der Waals surface area contributed by atoms with Crippen LogP contribution in [0.1, 0.15) is 44.4 Å².